The highest BCUT2D eigenvalue weighted by atomic mass is 31.2. The number of ether oxygens (including phenoxy) is 4. The molecule has 0 spiro atoms. The van der Waals surface area contributed by atoms with Gasteiger partial charge in [-0.2, -0.15) is 5.26 Å². The topological polar surface area (TPSA) is 156 Å². The quantitative estimate of drug-likeness (QED) is 0.0406. The molecule has 3 aromatic carbocycles. The summed E-state index contributed by atoms with van der Waals surface area (Å²) in [5, 5.41) is 9.33. The summed E-state index contributed by atoms with van der Waals surface area (Å²) >= 11 is 0. The number of nitriles is 1. The Hall–Kier alpha value is -4.42. The molecule has 15 heteroatoms. The molecule has 2 fully saturated rings. The standard InChI is InChI=1S/C41H49N4O10P/c1-27(2)45(28(3)4)56(52-23-11-22-42)54-36-35-38(44-24-29(5)37(46)43-39(44)47)53-40(36,25-50-35)26-51-55-41(30-12-9-8-10-13-30,31-14-18-33(48-6)19-15-31)32-16-20-34(49-7)21-17-32/h8-10,12-21,24,27-28,35-36,38H,11,23,25-26H2,1-7H3,(H,43,46,47)/t35-,36+,38-,40-,56?/m1/s1. The lowest BCUT2D eigenvalue weighted by atomic mass is 9.80. The van der Waals surface area contributed by atoms with E-state index in [2.05, 4.69) is 15.7 Å². The zero-order valence-corrected chi connectivity index (χ0v) is 33.6. The summed E-state index contributed by atoms with van der Waals surface area (Å²) in [7, 11) is 1.44. The lowest BCUT2D eigenvalue weighted by molar-refractivity contribution is -0.368. The van der Waals surface area contributed by atoms with E-state index < -0.39 is 49.4 Å². The highest BCUT2D eigenvalue weighted by Crippen LogP contribution is 2.55. The second kappa shape index (κ2) is 17.8. The van der Waals surface area contributed by atoms with Gasteiger partial charge in [0.25, 0.3) is 14.1 Å². The molecule has 0 amide bonds. The van der Waals surface area contributed by atoms with E-state index in [1.807, 2.05) is 107 Å². The van der Waals surface area contributed by atoms with Crippen molar-refractivity contribution in [3.8, 4) is 17.6 Å². The third kappa shape index (κ3) is 8.18. The van der Waals surface area contributed by atoms with E-state index in [1.165, 1.54) is 10.8 Å². The van der Waals surface area contributed by atoms with Crippen LogP contribution in [0.3, 0.4) is 0 Å². The van der Waals surface area contributed by atoms with Gasteiger partial charge < -0.3 is 28.0 Å². The molecular formula is C41H49N4O10P. The van der Waals surface area contributed by atoms with Gasteiger partial charge in [0.15, 0.2) is 11.8 Å². The third-order valence-corrected chi connectivity index (χ3v) is 12.0. The van der Waals surface area contributed by atoms with Crippen LogP contribution in [0, 0.1) is 18.3 Å². The summed E-state index contributed by atoms with van der Waals surface area (Å²) < 4.78 is 40.8. The Balaban J connectivity index is 1.42. The van der Waals surface area contributed by atoms with E-state index in [0.29, 0.717) is 17.1 Å². The molecule has 0 radical (unpaired) electrons. The molecule has 2 bridgehead atoms. The number of aromatic amines is 1. The first-order chi connectivity index (χ1) is 27.0. The monoisotopic (exact) mass is 788 g/mol. The predicted octanol–water partition coefficient (Wildman–Crippen LogP) is 6.13. The van der Waals surface area contributed by atoms with Gasteiger partial charge >= 0.3 is 5.69 Å². The molecule has 2 aliphatic heterocycles. The number of aryl methyl sites for hydroxylation is 1. The van der Waals surface area contributed by atoms with Crippen LogP contribution < -0.4 is 20.7 Å². The highest BCUT2D eigenvalue weighted by Gasteiger charge is 2.65. The van der Waals surface area contributed by atoms with Crippen molar-refractivity contribution < 1.29 is 37.8 Å². The van der Waals surface area contributed by atoms with Crippen LogP contribution in [0.1, 0.15) is 62.6 Å². The zero-order valence-electron chi connectivity index (χ0n) is 32.7. The van der Waals surface area contributed by atoms with Crippen LogP contribution in [0.25, 0.3) is 0 Å². The maximum Gasteiger partial charge on any atom is 0.330 e. The maximum atomic E-state index is 13.3. The first kappa shape index (κ1) is 41.2. The fourth-order valence-electron chi connectivity index (χ4n) is 7.23. The number of fused-ring (bicyclic) bond motifs is 2. The Bertz CT molecular complexity index is 2010. The van der Waals surface area contributed by atoms with Crippen LogP contribution in [0.5, 0.6) is 11.5 Å². The molecule has 0 aliphatic carbocycles. The minimum Gasteiger partial charge on any atom is -0.497 e. The van der Waals surface area contributed by atoms with Gasteiger partial charge in [-0.25, -0.2) is 19.2 Å². The average molecular weight is 789 g/mol. The Kier molecular flexibility index (Phi) is 13.1. The average Bonchev–Trinajstić information content (AvgIpc) is 3.69. The van der Waals surface area contributed by atoms with Crippen molar-refractivity contribution in [1.29, 1.82) is 5.26 Å². The molecule has 298 valence electrons. The van der Waals surface area contributed by atoms with E-state index in [1.54, 1.807) is 21.1 Å². The number of rotatable bonds is 18. The second-order valence-corrected chi connectivity index (χ2v) is 15.7. The van der Waals surface area contributed by atoms with Gasteiger partial charge in [-0.15, -0.1) is 0 Å². The van der Waals surface area contributed by atoms with Crippen molar-refractivity contribution in [3.63, 3.8) is 0 Å². The molecule has 1 aromatic heterocycles. The van der Waals surface area contributed by atoms with Crippen LogP contribution in [-0.2, 0) is 33.9 Å². The first-order valence-electron chi connectivity index (χ1n) is 18.5. The van der Waals surface area contributed by atoms with Crippen LogP contribution in [0.4, 0.5) is 0 Å². The highest BCUT2D eigenvalue weighted by molar-refractivity contribution is 7.44. The molecule has 0 saturated carbocycles. The van der Waals surface area contributed by atoms with Crippen LogP contribution >= 0.6 is 8.53 Å². The third-order valence-electron chi connectivity index (χ3n) is 9.92. The van der Waals surface area contributed by atoms with Crippen molar-refractivity contribution in [2.24, 2.45) is 0 Å². The summed E-state index contributed by atoms with van der Waals surface area (Å²) in [6.45, 7) is 9.77. The second-order valence-electron chi connectivity index (χ2n) is 14.2. The molecule has 14 nitrogen and oxygen atoms in total. The molecule has 3 heterocycles. The fourth-order valence-corrected chi connectivity index (χ4v) is 9.04. The summed E-state index contributed by atoms with van der Waals surface area (Å²) in [5.41, 5.74) is -1.19. The number of hydrogen-bond acceptors (Lipinski definition) is 12. The van der Waals surface area contributed by atoms with Crippen LogP contribution in [0.15, 0.2) is 94.6 Å². The molecule has 4 aromatic rings. The lowest BCUT2D eigenvalue weighted by Crippen LogP contribution is -2.48. The summed E-state index contributed by atoms with van der Waals surface area (Å²) in [5.74, 6) is 1.34. The number of aromatic nitrogens is 2. The van der Waals surface area contributed by atoms with Crippen molar-refractivity contribution >= 4 is 8.53 Å². The van der Waals surface area contributed by atoms with E-state index in [4.69, 9.17) is 37.8 Å². The molecule has 5 atom stereocenters. The smallest absolute Gasteiger partial charge is 0.330 e. The van der Waals surface area contributed by atoms with E-state index >= 15 is 0 Å². The normalized spacial score (nSPS) is 21.1. The Morgan fingerprint density at radius 3 is 2.09 bits per heavy atom. The van der Waals surface area contributed by atoms with Gasteiger partial charge in [0.1, 0.15) is 35.9 Å². The van der Waals surface area contributed by atoms with Gasteiger partial charge in [-0.1, -0.05) is 54.6 Å². The van der Waals surface area contributed by atoms with E-state index in [9.17, 15) is 14.9 Å². The Morgan fingerprint density at radius 1 is 0.946 bits per heavy atom. The number of H-pyrrole nitrogens is 1. The minimum atomic E-state index is -1.78. The molecule has 6 rings (SSSR count). The largest absolute Gasteiger partial charge is 0.497 e. The molecule has 2 aliphatic rings. The van der Waals surface area contributed by atoms with Gasteiger partial charge in [0, 0.05) is 23.8 Å². The Labute approximate surface area is 327 Å². The van der Waals surface area contributed by atoms with E-state index in [-0.39, 0.29) is 38.3 Å². The fraction of sp³-hybridized carbons (Fsp3) is 0.439. The van der Waals surface area contributed by atoms with Gasteiger partial charge in [-0.05, 0) is 75.6 Å². The van der Waals surface area contributed by atoms with Gasteiger partial charge in [0.05, 0.1) is 39.9 Å². The lowest BCUT2D eigenvalue weighted by Gasteiger charge is -2.39. The minimum absolute atomic E-state index is 0.0142. The maximum absolute atomic E-state index is 13.3. The molecule has 56 heavy (non-hydrogen) atoms. The predicted molar refractivity (Wildman–Crippen MR) is 208 cm³/mol. The summed E-state index contributed by atoms with van der Waals surface area (Å²) in [6.07, 6.45) is -1.02. The van der Waals surface area contributed by atoms with Crippen LogP contribution in [0.2, 0.25) is 0 Å². The molecule has 1 N–H and O–H groups in total. The first-order valence-corrected chi connectivity index (χ1v) is 19.6. The molecule has 2 saturated heterocycles. The van der Waals surface area contributed by atoms with Crippen molar-refractivity contribution in [3.05, 3.63) is 128 Å². The SMILES string of the molecule is COc1ccc(C(OOC[C@@]23CO[C@@H]([C@H](n4cc(C)c(=O)[nH]c4=O)O2)[C@@H]3OP(OCCC#N)N(C(C)C)C(C)C)(c2ccccc2)c2ccc(OC)cc2)cc1. The molecule has 1 unspecified atom stereocenters. The Morgan fingerprint density at radius 2 is 1.54 bits per heavy atom. The van der Waals surface area contributed by atoms with E-state index in [0.717, 1.165) is 16.7 Å². The number of nitrogens with one attached hydrogen (secondary N) is 1. The zero-order chi connectivity index (χ0) is 40.0. The summed E-state index contributed by atoms with van der Waals surface area (Å²) in [4.78, 5) is 41.1. The van der Waals surface area contributed by atoms with Crippen LogP contribution in [-0.4, -0.2) is 78.2 Å². The van der Waals surface area contributed by atoms with Gasteiger partial charge in [0.2, 0.25) is 0 Å². The number of methoxy groups -OCH3 is 2. The molecular weight excluding hydrogens is 739 g/mol. The van der Waals surface area contributed by atoms with Crippen molar-refractivity contribution in [2.45, 2.75) is 82.8 Å². The van der Waals surface area contributed by atoms with Crippen molar-refractivity contribution in [1.82, 2.24) is 14.2 Å². The van der Waals surface area contributed by atoms with Gasteiger partial charge in [-0.3, -0.25) is 14.3 Å². The number of nitrogens with zero attached hydrogens (tertiary/aromatic N) is 3. The number of benzene rings is 3. The van der Waals surface area contributed by atoms with Crippen molar-refractivity contribution in [2.75, 3.05) is 34.0 Å². The number of hydrogen-bond donors (Lipinski definition) is 1. The summed E-state index contributed by atoms with van der Waals surface area (Å²) in [6, 6.07) is 27.0.